The minimum Gasteiger partial charge on any atom is -0.312 e. The summed E-state index contributed by atoms with van der Waals surface area (Å²) in [6, 6.07) is 7.78. The highest BCUT2D eigenvalue weighted by molar-refractivity contribution is 5.73. The molecule has 1 aromatic carbocycles. The molecule has 0 aliphatic heterocycles. The first kappa shape index (κ1) is 14.0. The van der Waals surface area contributed by atoms with Gasteiger partial charge in [0.05, 0.1) is 0 Å². The number of rotatable bonds is 2. The second kappa shape index (κ2) is 5.30. The molecule has 20 heavy (non-hydrogen) atoms. The van der Waals surface area contributed by atoms with Crippen molar-refractivity contribution in [3.63, 3.8) is 0 Å². The van der Waals surface area contributed by atoms with Gasteiger partial charge in [0, 0.05) is 17.8 Å². The maximum Gasteiger partial charge on any atom is 0.269 e. The van der Waals surface area contributed by atoms with Crippen LogP contribution in [0.15, 0.2) is 35.3 Å². The summed E-state index contributed by atoms with van der Waals surface area (Å²) in [5.74, 6) is -0.347. The van der Waals surface area contributed by atoms with Gasteiger partial charge in [0.2, 0.25) is 0 Å². The molecule has 0 atom stereocenters. The molecule has 1 heterocycles. The summed E-state index contributed by atoms with van der Waals surface area (Å²) in [5.41, 5.74) is 1.86. The zero-order valence-corrected chi connectivity index (χ0v) is 11.6. The largest absolute Gasteiger partial charge is 0.312 e. The van der Waals surface area contributed by atoms with Crippen LogP contribution in [0.1, 0.15) is 31.0 Å². The quantitative estimate of drug-likeness (QED) is 0.839. The lowest BCUT2D eigenvalue weighted by molar-refractivity contribution is 0.575. The van der Waals surface area contributed by atoms with E-state index in [1.54, 1.807) is 22.9 Å². The van der Waals surface area contributed by atoms with E-state index < -0.39 is 0 Å². The minimum absolute atomic E-state index is 0.0180. The number of aromatic nitrogens is 1. The Kier molecular flexibility index (Phi) is 3.71. The Balaban J connectivity index is 2.78. The zero-order chi connectivity index (χ0) is 14.9. The summed E-state index contributed by atoms with van der Waals surface area (Å²) in [5, 5.41) is 9.31. The number of benzene rings is 1. The molecule has 0 bridgehead atoms. The van der Waals surface area contributed by atoms with Crippen LogP contribution in [0.4, 0.5) is 4.39 Å². The van der Waals surface area contributed by atoms with Crippen molar-refractivity contribution in [3.8, 4) is 17.2 Å². The highest BCUT2D eigenvalue weighted by atomic mass is 19.1. The molecule has 2 rings (SSSR count). The van der Waals surface area contributed by atoms with E-state index in [9.17, 15) is 14.4 Å². The Morgan fingerprint density at radius 2 is 1.85 bits per heavy atom. The van der Waals surface area contributed by atoms with E-state index in [0.717, 1.165) is 5.56 Å². The van der Waals surface area contributed by atoms with Crippen molar-refractivity contribution in [2.45, 2.75) is 26.8 Å². The van der Waals surface area contributed by atoms with E-state index in [-0.39, 0.29) is 23.0 Å². The normalized spacial score (nSPS) is 10.6. The SMILES string of the molecule is Cc1cn(C(C)C)c(=O)c(C#N)c1-c1ccc(F)cc1. The van der Waals surface area contributed by atoms with Crippen molar-refractivity contribution < 1.29 is 4.39 Å². The van der Waals surface area contributed by atoms with Crippen LogP contribution >= 0.6 is 0 Å². The third kappa shape index (κ3) is 2.35. The molecule has 0 saturated carbocycles. The first-order chi connectivity index (χ1) is 9.45. The molecule has 0 amide bonds. The molecule has 0 saturated heterocycles. The van der Waals surface area contributed by atoms with E-state index in [2.05, 4.69) is 0 Å². The fraction of sp³-hybridized carbons (Fsp3) is 0.250. The van der Waals surface area contributed by atoms with Crippen LogP contribution in [0, 0.1) is 24.1 Å². The summed E-state index contributed by atoms with van der Waals surface area (Å²) >= 11 is 0. The van der Waals surface area contributed by atoms with E-state index >= 15 is 0 Å². The summed E-state index contributed by atoms with van der Waals surface area (Å²) in [7, 11) is 0. The number of nitrogens with zero attached hydrogens (tertiary/aromatic N) is 2. The average molecular weight is 270 g/mol. The molecule has 0 N–H and O–H groups in total. The summed E-state index contributed by atoms with van der Waals surface area (Å²) in [6.07, 6.45) is 1.74. The van der Waals surface area contributed by atoms with E-state index in [1.165, 1.54) is 12.1 Å². The van der Waals surface area contributed by atoms with Gasteiger partial charge in [-0.05, 0) is 44.0 Å². The molecular weight excluding hydrogens is 255 g/mol. The Morgan fingerprint density at radius 3 is 2.35 bits per heavy atom. The molecule has 2 aromatic rings. The maximum absolute atomic E-state index is 13.0. The Hall–Kier alpha value is -2.41. The molecular formula is C16H15FN2O. The summed E-state index contributed by atoms with van der Waals surface area (Å²) < 4.78 is 14.5. The molecule has 0 aliphatic carbocycles. The Bertz CT molecular complexity index is 737. The van der Waals surface area contributed by atoms with E-state index in [0.29, 0.717) is 11.1 Å². The van der Waals surface area contributed by atoms with Gasteiger partial charge in [0.15, 0.2) is 0 Å². The van der Waals surface area contributed by atoms with Crippen molar-refractivity contribution in [2.75, 3.05) is 0 Å². The molecule has 0 radical (unpaired) electrons. The highest BCUT2D eigenvalue weighted by Gasteiger charge is 2.16. The van der Waals surface area contributed by atoms with Gasteiger partial charge in [-0.3, -0.25) is 4.79 Å². The number of pyridine rings is 1. The van der Waals surface area contributed by atoms with E-state index in [1.807, 2.05) is 26.8 Å². The first-order valence-electron chi connectivity index (χ1n) is 6.37. The van der Waals surface area contributed by atoms with Crippen LogP contribution in [0.2, 0.25) is 0 Å². The molecule has 0 fully saturated rings. The molecule has 0 unspecified atom stereocenters. The monoisotopic (exact) mass is 270 g/mol. The first-order valence-corrected chi connectivity index (χ1v) is 6.37. The number of halogens is 1. The van der Waals surface area contributed by atoms with Crippen molar-refractivity contribution in [2.24, 2.45) is 0 Å². The fourth-order valence-electron chi connectivity index (χ4n) is 2.24. The third-order valence-corrected chi connectivity index (χ3v) is 3.23. The lowest BCUT2D eigenvalue weighted by atomic mass is 9.97. The van der Waals surface area contributed by atoms with Crippen molar-refractivity contribution in [1.29, 1.82) is 5.26 Å². The molecule has 3 nitrogen and oxygen atoms in total. The Labute approximate surface area is 116 Å². The van der Waals surface area contributed by atoms with Gasteiger partial charge in [-0.25, -0.2) is 4.39 Å². The van der Waals surface area contributed by atoms with Crippen LogP contribution < -0.4 is 5.56 Å². The smallest absolute Gasteiger partial charge is 0.269 e. The van der Waals surface area contributed by atoms with Crippen LogP contribution in [0.25, 0.3) is 11.1 Å². The minimum atomic E-state index is -0.347. The van der Waals surface area contributed by atoms with Crippen molar-refractivity contribution >= 4 is 0 Å². The standard InChI is InChI=1S/C16H15FN2O/c1-10(2)19-9-11(3)15(14(8-18)16(19)20)12-4-6-13(17)7-5-12/h4-7,9-10H,1-3H3. The molecule has 0 aliphatic rings. The van der Waals surface area contributed by atoms with Crippen LogP contribution in [-0.2, 0) is 0 Å². The summed E-state index contributed by atoms with van der Waals surface area (Å²) in [4.78, 5) is 12.3. The Morgan fingerprint density at radius 1 is 1.25 bits per heavy atom. The number of hydrogen-bond donors (Lipinski definition) is 0. The molecule has 4 heteroatoms. The third-order valence-electron chi connectivity index (χ3n) is 3.23. The maximum atomic E-state index is 13.0. The molecule has 0 spiro atoms. The van der Waals surface area contributed by atoms with Crippen LogP contribution in [0.5, 0.6) is 0 Å². The van der Waals surface area contributed by atoms with Gasteiger partial charge in [-0.15, -0.1) is 0 Å². The molecule has 1 aromatic heterocycles. The van der Waals surface area contributed by atoms with Crippen LogP contribution in [0.3, 0.4) is 0 Å². The molecule has 102 valence electrons. The van der Waals surface area contributed by atoms with Crippen molar-refractivity contribution in [1.82, 2.24) is 4.57 Å². The number of aryl methyl sites for hydroxylation is 1. The van der Waals surface area contributed by atoms with Crippen molar-refractivity contribution in [3.05, 3.63) is 57.8 Å². The van der Waals surface area contributed by atoms with Gasteiger partial charge >= 0.3 is 0 Å². The van der Waals surface area contributed by atoms with Gasteiger partial charge in [0.25, 0.3) is 5.56 Å². The number of nitriles is 1. The zero-order valence-electron chi connectivity index (χ0n) is 11.6. The van der Waals surface area contributed by atoms with Gasteiger partial charge in [-0.2, -0.15) is 5.26 Å². The topological polar surface area (TPSA) is 45.8 Å². The van der Waals surface area contributed by atoms with Gasteiger partial charge < -0.3 is 4.57 Å². The van der Waals surface area contributed by atoms with Gasteiger partial charge in [0.1, 0.15) is 17.4 Å². The second-order valence-electron chi connectivity index (χ2n) is 4.99. The second-order valence-corrected chi connectivity index (χ2v) is 4.99. The predicted molar refractivity (Wildman–Crippen MR) is 75.9 cm³/mol. The average Bonchev–Trinajstić information content (AvgIpc) is 2.41. The predicted octanol–water partition coefficient (Wildman–Crippen LogP) is 3.42. The van der Waals surface area contributed by atoms with Gasteiger partial charge in [-0.1, -0.05) is 12.1 Å². The van der Waals surface area contributed by atoms with E-state index in [4.69, 9.17) is 0 Å². The lowest BCUT2D eigenvalue weighted by Gasteiger charge is -2.15. The number of hydrogen-bond acceptors (Lipinski definition) is 2. The van der Waals surface area contributed by atoms with Crippen LogP contribution in [-0.4, -0.2) is 4.57 Å². The summed E-state index contributed by atoms with van der Waals surface area (Å²) in [6.45, 7) is 5.62. The fourth-order valence-corrected chi connectivity index (χ4v) is 2.24. The highest BCUT2D eigenvalue weighted by Crippen LogP contribution is 2.26. The lowest BCUT2D eigenvalue weighted by Crippen LogP contribution is -2.25.